The number of carbonyl (C=O) groups excluding carboxylic acids is 1. The summed E-state index contributed by atoms with van der Waals surface area (Å²) in [6.07, 6.45) is 5.97. The summed E-state index contributed by atoms with van der Waals surface area (Å²) in [6, 6.07) is 10.1. The SMILES string of the molecule is C[C@H](OCCCNC(=O)N1CCN(c2cnccn2)CC1)c1ccccc1. The Kier molecular flexibility index (Phi) is 6.98. The highest BCUT2D eigenvalue weighted by molar-refractivity contribution is 5.74. The minimum absolute atomic E-state index is 0.00935. The van der Waals surface area contributed by atoms with Crippen LogP contribution in [0, 0.1) is 0 Å². The zero-order valence-corrected chi connectivity index (χ0v) is 15.8. The van der Waals surface area contributed by atoms with Gasteiger partial charge in [-0.15, -0.1) is 0 Å². The first-order chi connectivity index (χ1) is 13.2. The third-order valence-corrected chi connectivity index (χ3v) is 4.67. The van der Waals surface area contributed by atoms with E-state index in [4.69, 9.17) is 4.74 Å². The molecule has 2 amide bonds. The van der Waals surface area contributed by atoms with E-state index in [1.807, 2.05) is 30.0 Å². The van der Waals surface area contributed by atoms with Crippen LogP contribution in [-0.2, 0) is 4.74 Å². The second kappa shape index (κ2) is 9.87. The van der Waals surface area contributed by atoms with Gasteiger partial charge in [0.2, 0.25) is 0 Å². The number of benzene rings is 1. The molecular formula is C20H27N5O2. The van der Waals surface area contributed by atoms with Crippen molar-refractivity contribution in [3.05, 3.63) is 54.5 Å². The van der Waals surface area contributed by atoms with Crippen LogP contribution in [-0.4, -0.2) is 60.2 Å². The van der Waals surface area contributed by atoms with E-state index in [2.05, 4.69) is 32.3 Å². The van der Waals surface area contributed by atoms with Crippen molar-refractivity contribution in [3.63, 3.8) is 0 Å². The second-order valence-corrected chi connectivity index (χ2v) is 6.55. The number of ether oxygens (including phenoxy) is 1. The summed E-state index contributed by atoms with van der Waals surface area (Å²) in [5, 5.41) is 2.98. The number of amides is 2. The van der Waals surface area contributed by atoms with Gasteiger partial charge in [0.1, 0.15) is 5.82 Å². The molecule has 144 valence electrons. The number of aromatic nitrogens is 2. The molecule has 27 heavy (non-hydrogen) atoms. The van der Waals surface area contributed by atoms with Gasteiger partial charge in [0.15, 0.2) is 0 Å². The summed E-state index contributed by atoms with van der Waals surface area (Å²) >= 11 is 0. The molecule has 1 aromatic heterocycles. The lowest BCUT2D eigenvalue weighted by Crippen LogP contribution is -2.52. The lowest BCUT2D eigenvalue weighted by molar-refractivity contribution is 0.0642. The van der Waals surface area contributed by atoms with Crippen molar-refractivity contribution in [1.29, 1.82) is 0 Å². The zero-order valence-electron chi connectivity index (χ0n) is 15.8. The highest BCUT2D eigenvalue weighted by Gasteiger charge is 2.21. The third kappa shape index (κ3) is 5.65. The van der Waals surface area contributed by atoms with Gasteiger partial charge in [-0.3, -0.25) is 4.98 Å². The van der Waals surface area contributed by atoms with Crippen LogP contribution in [0.2, 0.25) is 0 Å². The minimum atomic E-state index is -0.00935. The molecule has 1 saturated heterocycles. The van der Waals surface area contributed by atoms with Gasteiger partial charge < -0.3 is 19.9 Å². The summed E-state index contributed by atoms with van der Waals surface area (Å²) < 4.78 is 5.83. The van der Waals surface area contributed by atoms with Crippen LogP contribution in [0.3, 0.4) is 0 Å². The maximum Gasteiger partial charge on any atom is 0.317 e. The number of nitrogens with one attached hydrogen (secondary N) is 1. The van der Waals surface area contributed by atoms with E-state index in [1.165, 1.54) is 5.56 Å². The average Bonchev–Trinajstić information content (AvgIpc) is 2.74. The van der Waals surface area contributed by atoms with E-state index < -0.39 is 0 Å². The van der Waals surface area contributed by atoms with Crippen LogP contribution in [0.15, 0.2) is 48.9 Å². The van der Waals surface area contributed by atoms with Crippen molar-refractivity contribution in [1.82, 2.24) is 20.2 Å². The van der Waals surface area contributed by atoms with Gasteiger partial charge in [0.05, 0.1) is 12.3 Å². The Bertz CT molecular complexity index is 690. The molecule has 1 aromatic carbocycles. The van der Waals surface area contributed by atoms with Crippen LogP contribution < -0.4 is 10.2 Å². The molecule has 7 heteroatoms. The number of hydrogen-bond acceptors (Lipinski definition) is 5. The summed E-state index contributed by atoms with van der Waals surface area (Å²) in [6.45, 7) is 6.19. The van der Waals surface area contributed by atoms with Crippen LogP contribution in [0.4, 0.5) is 10.6 Å². The van der Waals surface area contributed by atoms with Crippen molar-refractivity contribution >= 4 is 11.8 Å². The summed E-state index contributed by atoms with van der Waals surface area (Å²) in [5.41, 5.74) is 1.17. The molecule has 1 aliphatic heterocycles. The highest BCUT2D eigenvalue weighted by Crippen LogP contribution is 2.15. The van der Waals surface area contributed by atoms with E-state index in [-0.39, 0.29) is 12.1 Å². The van der Waals surface area contributed by atoms with Crippen molar-refractivity contribution in [3.8, 4) is 0 Å². The summed E-state index contributed by atoms with van der Waals surface area (Å²) in [7, 11) is 0. The zero-order chi connectivity index (χ0) is 18.9. The van der Waals surface area contributed by atoms with Crippen LogP contribution >= 0.6 is 0 Å². The van der Waals surface area contributed by atoms with Gasteiger partial charge in [-0.05, 0) is 18.9 Å². The van der Waals surface area contributed by atoms with E-state index in [0.717, 1.165) is 25.3 Å². The standard InChI is InChI=1S/C20H27N5O2/c1-17(18-6-3-2-4-7-18)27-15-5-8-23-20(26)25-13-11-24(12-14-25)19-16-21-9-10-22-19/h2-4,6-7,9-10,16-17H,5,8,11-15H2,1H3,(H,23,26)/t17-/m0/s1. The van der Waals surface area contributed by atoms with Crippen LogP contribution in [0.1, 0.15) is 25.0 Å². The molecule has 1 N–H and O–H groups in total. The Morgan fingerprint density at radius 2 is 1.96 bits per heavy atom. The molecular weight excluding hydrogens is 342 g/mol. The second-order valence-electron chi connectivity index (χ2n) is 6.55. The Morgan fingerprint density at radius 1 is 1.19 bits per heavy atom. The van der Waals surface area contributed by atoms with Crippen molar-refractivity contribution in [2.24, 2.45) is 0 Å². The number of piperazine rings is 1. The number of rotatable bonds is 7. The molecule has 0 saturated carbocycles. The Morgan fingerprint density at radius 3 is 2.67 bits per heavy atom. The van der Waals surface area contributed by atoms with E-state index in [1.54, 1.807) is 18.6 Å². The topological polar surface area (TPSA) is 70.6 Å². The summed E-state index contributed by atoms with van der Waals surface area (Å²) in [4.78, 5) is 24.7. The predicted octanol–water partition coefficient (Wildman–Crippen LogP) is 2.48. The summed E-state index contributed by atoms with van der Waals surface area (Å²) in [5.74, 6) is 0.863. The lowest BCUT2D eigenvalue weighted by atomic mass is 10.1. The van der Waals surface area contributed by atoms with Crippen molar-refractivity contribution in [2.45, 2.75) is 19.4 Å². The molecule has 1 aliphatic rings. The number of hydrogen-bond donors (Lipinski definition) is 1. The molecule has 0 radical (unpaired) electrons. The minimum Gasteiger partial charge on any atom is -0.374 e. The van der Waals surface area contributed by atoms with Gasteiger partial charge in [-0.25, -0.2) is 9.78 Å². The smallest absolute Gasteiger partial charge is 0.317 e. The van der Waals surface area contributed by atoms with E-state index in [0.29, 0.717) is 26.2 Å². The number of anilines is 1. The number of urea groups is 1. The molecule has 0 unspecified atom stereocenters. The average molecular weight is 369 g/mol. The fourth-order valence-corrected chi connectivity index (χ4v) is 3.05. The fourth-order valence-electron chi connectivity index (χ4n) is 3.05. The molecule has 0 bridgehead atoms. The van der Waals surface area contributed by atoms with Gasteiger partial charge in [0.25, 0.3) is 0 Å². The highest BCUT2D eigenvalue weighted by atomic mass is 16.5. The first-order valence-electron chi connectivity index (χ1n) is 9.44. The van der Waals surface area contributed by atoms with Gasteiger partial charge in [-0.2, -0.15) is 0 Å². The number of carbonyl (C=O) groups is 1. The largest absolute Gasteiger partial charge is 0.374 e. The van der Waals surface area contributed by atoms with Gasteiger partial charge in [0, 0.05) is 51.7 Å². The normalized spacial score (nSPS) is 15.4. The third-order valence-electron chi connectivity index (χ3n) is 4.67. The predicted molar refractivity (Wildman–Crippen MR) is 105 cm³/mol. The molecule has 2 heterocycles. The molecule has 0 aliphatic carbocycles. The monoisotopic (exact) mass is 369 g/mol. The van der Waals surface area contributed by atoms with Crippen LogP contribution in [0.5, 0.6) is 0 Å². The Hall–Kier alpha value is -2.67. The maximum atomic E-state index is 12.3. The van der Waals surface area contributed by atoms with Gasteiger partial charge in [-0.1, -0.05) is 30.3 Å². The number of nitrogens with zero attached hydrogens (tertiary/aromatic N) is 4. The molecule has 1 atom stereocenters. The Labute approximate surface area is 160 Å². The van der Waals surface area contributed by atoms with Gasteiger partial charge >= 0.3 is 6.03 Å². The quantitative estimate of drug-likeness (QED) is 0.759. The molecule has 2 aromatic rings. The van der Waals surface area contributed by atoms with Crippen molar-refractivity contribution in [2.75, 3.05) is 44.2 Å². The Balaban J connectivity index is 1.30. The maximum absolute atomic E-state index is 12.3. The first-order valence-corrected chi connectivity index (χ1v) is 9.44. The molecule has 3 rings (SSSR count). The first kappa shape index (κ1) is 19.1. The van der Waals surface area contributed by atoms with Crippen LogP contribution in [0.25, 0.3) is 0 Å². The lowest BCUT2D eigenvalue weighted by Gasteiger charge is -2.35. The van der Waals surface area contributed by atoms with E-state index in [9.17, 15) is 4.79 Å². The fraction of sp³-hybridized carbons (Fsp3) is 0.450. The van der Waals surface area contributed by atoms with E-state index >= 15 is 0 Å². The molecule has 7 nitrogen and oxygen atoms in total. The van der Waals surface area contributed by atoms with Crippen molar-refractivity contribution < 1.29 is 9.53 Å². The molecule has 0 spiro atoms. The molecule has 1 fully saturated rings.